The Balaban J connectivity index is 2.40. The van der Waals surface area contributed by atoms with E-state index in [1.807, 2.05) is 0 Å². The van der Waals surface area contributed by atoms with E-state index < -0.39 is 16.7 Å². The maximum absolute atomic E-state index is 11.8. The number of rotatable bonds is 0. The van der Waals surface area contributed by atoms with Crippen LogP contribution in [0.1, 0.15) is 32.1 Å². The van der Waals surface area contributed by atoms with Gasteiger partial charge in [0, 0.05) is 6.42 Å². The summed E-state index contributed by atoms with van der Waals surface area (Å²) in [5, 5.41) is 20.2. The van der Waals surface area contributed by atoms with Crippen LogP contribution in [0, 0.1) is 33.5 Å². The molecule has 2 aliphatic rings. The smallest absolute Gasteiger partial charge is 0.261 e. The molecule has 1 aliphatic heterocycles. The van der Waals surface area contributed by atoms with Gasteiger partial charge in [0.15, 0.2) is 0 Å². The first-order valence-corrected chi connectivity index (χ1v) is 5.27. The quantitative estimate of drug-likeness (QED) is 0.602. The van der Waals surface area contributed by atoms with Crippen LogP contribution in [0.5, 0.6) is 0 Å². The molecule has 0 aromatic rings. The van der Waals surface area contributed by atoms with Crippen LogP contribution in [0.15, 0.2) is 0 Å². The van der Waals surface area contributed by atoms with Crippen LogP contribution in [0.3, 0.4) is 0 Å². The van der Waals surface area contributed by atoms with Gasteiger partial charge in [-0.3, -0.25) is 14.9 Å². The lowest BCUT2D eigenvalue weighted by Crippen LogP contribution is -2.56. The fourth-order valence-electron chi connectivity index (χ4n) is 2.67. The molecule has 2 amide bonds. The molecule has 1 heterocycles. The molecule has 5 nitrogen and oxygen atoms in total. The Morgan fingerprint density at radius 1 is 1.06 bits per heavy atom. The SMILES string of the molecule is N#CC1(C#N)CC2(CCCC2)C(=O)NC1=O. The van der Waals surface area contributed by atoms with Crippen molar-refractivity contribution >= 4 is 11.8 Å². The van der Waals surface area contributed by atoms with Gasteiger partial charge < -0.3 is 0 Å². The van der Waals surface area contributed by atoms with Gasteiger partial charge in [-0.25, -0.2) is 0 Å². The van der Waals surface area contributed by atoms with E-state index in [2.05, 4.69) is 5.32 Å². The molecule has 1 spiro atoms. The van der Waals surface area contributed by atoms with Gasteiger partial charge in [-0.2, -0.15) is 10.5 Å². The fraction of sp³-hybridized carbons (Fsp3) is 0.636. The maximum atomic E-state index is 11.8. The Labute approximate surface area is 93.0 Å². The van der Waals surface area contributed by atoms with E-state index in [0.29, 0.717) is 12.8 Å². The summed E-state index contributed by atoms with van der Waals surface area (Å²) < 4.78 is 0. The van der Waals surface area contributed by atoms with Crippen LogP contribution in [-0.2, 0) is 9.59 Å². The van der Waals surface area contributed by atoms with Crippen LogP contribution in [-0.4, -0.2) is 11.8 Å². The number of nitrogens with one attached hydrogen (secondary N) is 1. The van der Waals surface area contributed by atoms with E-state index in [1.54, 1.807) is 12.1 Å². The first kappa shape index (κ1) is 10.6. The summed E-state index contributed by atoms with van der Waals surface area (Å²) in [4.78, 5) is 23.3. The van der Waals surface area contributed by atoms with Crippen molar-refractivity contribution in [2.24, 2.45) is 10.8 Å². The molecule has 1 aliphatic carbocycles. The van der Waals surface area contributed by atoms with Crippen molar-refractivity contribution < 1.29 is 9.59 Å². The number of imide groups is 1. The standard InChI is InChI=1S/C11H11N3O2/c12-6-11(7-13)5-10(3-1-2-4-10)8(15)14-9(11)16/h1-5H2,(H,14,15,16). The van der Waals surface area contributed by atoms with Crippen LogP contribution in [0.4, 0.5) is 0 Å². The zero-order valence-corrected chi connectivity index (χ0v) is 8.75. The zero-order chi connectivity index (χ0) is 11.8. The van der Waals surface area contributed by atoms with Crippen LogP contribution >= 0.6 is 0 Å². The minimum Gasteiger partial charge on any atom is -0.294 e. The summed E-state index contributed by atoms with van der Waals surface area (Å²) in [6, 6.07) is 3.53. The summed E-state index contributed by atoms with van der Waals surface area (Å²) in [5.41, 5.74) is -2.35. The summed E-state index contributed by atoms with van der Waals surface area (Å²) >= 11 is 0. The van der Waals surface area contributed by atoms with Gasteiger partial charge in [0.1, 0.15) is 0 Å². The van der Waals surface area contributed by atoms with E-state index in [4.69, 9.17) is 10.5 Å². The zero-order valence-electron chi connectivity index (χ0n) is 8.75. The van der Waals surface area contributed by atoms with Crippen molar-refractivity contribution in [2.75, 3.05) is 0 Å². The van der Waals surface area contributed by atoms with Crippen molar-refractivity contribution in [3.05, 3.63) is 0 Å². The summed E-state index contributed by atoms with van der Waals surface area (Å²) in [5.74, 6) is -1.07. The second-order valence-electron chi connectivity index (χ2n) is 4.58. The second kappa shape index (κ2) is 3.31. The molecule has 0 radical (unpaired) electrons. The minimum atomic E-state index is -1.68. The molecular weight excluding hydrogens is 206 g/mol. The molecule has 1 saturated heterocycles. The summed E-state index contributed by atoms with van der Waals surface area (Å²) in [6.45, 7) is 0. The average Bonchev–Trinajstić information content (AvgIpc) is 2.74. The average molecular weight is 217 g/mol. The van der Waals surface area contributed by atoms with Crippen molar-refractivity contribution in [3.8, 4) is 12.1 Å². The highest BCUT2D eigenvalue weighted by Gasteiger charge is 2.56. The van der Waals surface area contributed by atoms with Crippen molar-refractivity contribution in [1.82, 2.24) is 5.32 Å². The molecule has 16 heavy (non-hydrogen) atoms. The monoisotopic (exact) mass is 217 g/mol. The Morgan fingerprint density at radius 3 is 2.12 bits per heavy atom. The first-order valence-electron chi connectivity index (χ1n) is 5.27. The highest BCUT2D eigenvalue weighted by atomic mass is 16.2. The third-order valence-electron chi connectivity index (χ3n) is 3.64. The molecule has 0 atom stereocenters. The van der Waals surface area contributed by atoms with E-state index in [9.17, 15) is 9.59 Å². The summed E-state index contributed by atoms with van der Waals surface area (Å²) in [6.07, 6.45) is 3.20. The molecule has 0 aromatic heterocycles. The molecule has 0 unspecified atom stereocenters. The van der Waals surface area contributed by atoms with Gasteiger partial charge in [-0.05, 0) is 12.8 Å². The number of nitrogens with zero attached hydrogens (tertiary/aromatic N) is 2. The number of piperidine rings is 1. The largest absolute Gasteiger partial charge is 0.294 e. The fourth-order valence-corrected chi connectivity index (χ4v) is 2.67. The number of hydrogen-bond acceptors (Lipinski definition) is 4. The van der Waals surface area contributed by atoms with Crippen molar-refractivity contribution in [3.63, 3.8) is 0 Å². The molecule has 1 saturated carbocycles. The summed E-state index contributed by atoms with van der Waals surface area (Å²) in [7, 11) is 0. The Bertz CT molecular complexity index is 421. The molecule has 5 heteroatoms. The molecule has 1 N–H and O–H groups in total. The van der Waals surface area contributed by atoms with E-state index in [-0.39, 0.29) is 12.3 Å². The Hall–Kier alpha value is -1.88. The van der Waals surface area contributed by atoms with E-state index >= 15 is 0 Å². The molecule has 2 rings (SSSR count). The second-order valence-corrected chi connectivity index (χ2v) is 4.58. The third-order valence-corrected chi connectivity index (χ3v) is 3.64. The van der Waals surface area contributed by atoms with Gasteiger partial charge in [-0.1, -0.05) is 12.8 Å². The van der Waals surface area contributed by atoms with E-state index in [0.717, 1.165) is 12.8 Å². The molecule has 82 valence electrons. The maximum Gasteiger partial charge on any atom is 0.261 e. The molecule has 0 bridgehead atoms. The lowest BCUT2D eigenvalue weighted by Gasteiger charge is -2.36. The Morgan fingerprint density at radius 2 is 1.62 bits per heavy atom. The highest BCUT2D eigenvalue weighted by Crippen LogP contribution is 2.48. The van der Waals surface area contributed by atoms with Gasteiger partial charge in [0.2, 0.25) is 11.3 Å². The highest BCUT2D eigenvalue weighted by molar-refractivity contribution is 6.06. The number of carbonyl (C=O) groups is 2. The number of amides is 2. The number of hydrogen-bond donors (Lipinski definition) is 1. The van der Waals surface area contributed by atoms with Crippen molar-refractivity contribution in [2.45, 2.75) is 32.1 Å². The number of carbonyl (C=O) groups excluding carboxylic acids is 2. The lowest BCUT2D eigenvalue weighted by atomic mass is 9.67. The lowest BCUT2D eigenvalue weighted by molar-refractivity contribution is -0.146. The van der Waals surface area contributed by atoms with Gasteiger partial charge in [0.25, 0.3) is 5.91 Å². The molecule has 2 fully saturated rings. The van der Waals surface area contributed by atoms with Crippen LogP contribution in [0.25, 0.3) is 0 Å². The van der Waals surface area contributed by atoms with Crippen LogP contribution < -0.4 is 5.32 Å². The normalized spacial score (nSPS) is 25.9. The van der Waals surface area contributed by atoms with Crippen molar-refractivity contribution in [1.29, 1.82) is 10.5 Å². The van der Waals surface area contributed by atoms with Gasteiger partial charge >= 0.3 is 0 Å². The van der Waals surface area contributed by atoms with Gasteiger partial charge in [-0.15, -0.1) is 0 Å². The Kier molecular flexibility index (Phi) is 2.20. The minimum absolute atomic E-state index is 0.0532. The predicted octanol–water partition coefficient (Wildman–Crippen LogP) is 0.627. The molecule has 0 aromatic carbocycles. The van der Waals surface area contributed by atoms with Crippen LogP contribution in [0.2, 0.25) is 0 Å². The van der Waals surface area contributed by atoms with E-state index in [1.165, 1.54) is 0 Å². The predicted molar refractivity (Wildman–Crippen MR) is 52.3 cm³/mol. The third kappa shape index (κ3) is 1.22. The number of nitriles is 2. The van der Waals surface area contributed by atoms with Gasteiger partial charge in [0.05, 0.1) is 17.6 Å². The topological polar surface area (TPSA) is 93.8 Å². The first-order chi connectivity index (χ1) is 7.58. The molecular formula is C11H11N3O2.